The van der Waals surface area contributed by atoms with Crippen molar-refractivity contribution in [3.8, 4) is 0 Å². The molecule has 3 fully saturated rings. The van der Waals surface area contributed by atoms with Crippen molar-refractivity contribution in [1.29, 1.82) is 0 Å². The van der Waals surface area contributed by atoms with Crippen LogP contribution in [0.2, 0.25) is 0 Å². The summed E-state index contributed by atoms with van der Waals surface area (Å²) in [4.78, 5) is 11.1. The van der Waals surface area contributed by atoms with Gasteiger partial charge >= 0.3 is 0 Å². The van der Waals surface area contributed by atoms with Crippen molar-refractivity contribution >= 4 is 46.4 Å². The third-order valence-electron chi connectivity index (χ3n) is 5.91. The Kier molecular flexibility index (Phi) is 5.79. The van der Waals surface area contributed by atoms with Crippen LogP contribution in [0.4, 0.5) is 5.13 Å². The van der Waals surface area contributed by atoms with Gasteiger partial charge in [-0.05, 0) is 19.3 Å². The Bertz CT molecular complexity index is 630. The molecule has 1 aliphatic heterocycles. The fourth-order valence-corrected chi connectivity index (χ4v) is 5.31. The number of hydrogen-bond donors (Lipinski definition) is 2. The first kappa shape index (κ1) is 19.2. The Morgan fingerprint density at radius 1 is 1.48 bits per heavy atom. The first-order valence-electron chi connectivity index (χ1n) is 8.84. The van der Waals surface area contributed by atoms with Gasteiger partial charge in [0.1, 0.15) is 0 Å². The van der Waals surface area contributed by atoms with Crippen LogP contribution in [0.1, 0.15) is 31.4 Å². The van der Waals surface area contributed by atoms with E-state index in [4.69, 9.17) is 4.74 Å². The predicted octanol–water partition coefficient (Wildman–Crippen LogP) is 2.45. The van der Waals surface area contributed by atoms with Crippen LogP contribution in [0.3, 0.4) is 0 Å². The number of nitrogens with zero attached hydrogens (tertiary/aromatic N) is 3. The minimum Gasteiger partial charge on any atom is -0.377 e. The van der Waals surface area contributed by atoms with Gasteiger partial charge in [0.25, 0.3) is 0 Å². The van der Waals surface area contributed by atoms with E-state index in [1.54, 1.807) is 11.3 Å². The van der Waals surface area contributed by atoms with Crippen LogP contribution in [-0.4, -0.2) is 50.8 Å². The number of anilines is 1. The monoisotopic (exact) mass is 477 g/mol. The van der Waals surface area contributed by atoms with E-state index in [0.717, 1.165) is 23.4 Å². The molecule has 4 rings (SSSR count). The van der Waals surface area contributed by atoms with Crippen LogP contribution in [0.5, 0.6) is 0 Å². The topological polar surface area (TPSA) is 61.8 Å². The summed E-state index contributed by atoms with van der Waals surface area (Å²) in [7, 11) is 5.88. The zero-order chi connectivity index (χ0) is 16.7. The smallest absolute Gasteiger partial charge is 0.191 e. The number of aromatic nitrogens is 1. The third kappa shape index (κ3) is 3.25. The quantitative estimate of drug-likeness (QED) is 0.397. The molecule has 2 heterocycles. The predicted molar refractivity (Wildman–Crippen MR) is 113 cm³/mol. The van der Waals surface area contributed by atoms with E-state index in [-0.39, 0.29) is 24.0 Å². The number of hydrogen-bond acceptors (Lipinski definition) is 5. The van der Waals surface area contributed by atoms with Crippen molar-refractivity contribution in [3.05, 3.63) is 11.1 Å². The molecule has 1 saturated heterocycles. The molecule has 1 aromatic heterocycles. The minimum absolute atomic E-state index is 0. The van der Waals surface area contributed by atoms with Crippen LogP contribution in [0.25, 0.3) is 0 Å². The number of ether oxygens (including phenoxy) is 1. The van der Waals surface area contributed by atoms with Gasteiger partial charge in [-0.1, -0.05) is 6.42 Å². The SMILES string of the molecule is CN=C(NCc1csc(N(C)C)n1)NC1C2CCOC2C12CCC2.I. The van der Waals surface area contributed by atoms with Gasteiger partial charge in [-0.25, -0.2) is 4.98 Å². The Morgan fingerprint density at radius 3 is 2.88 bits per heavy atom. The molecule has 0 radical (unpaired) electrons. The average Bonchev–Trinajstić information content (AvgIpc) is 3.14. The number of rotatable bonds is 4. The Hall–Kier alpha value is -0.610. The molecule has 8 heteroatoms. The van der Waals surface area contributed by atoms with Crippen molar-refractivity contribution < 1.29 is 4.74 Å². The summed E-state index contributed by atoms with van der Waals surface area (Å²) in [5.41, 5.74) is 1.43. The highest BCUT2D eigenvalue weighted by Gasteiger charge is 2.66. The van der Waals surface area contributed by atoms with E-state index in [1.165, 1.54) is 25.7 Å². The van der Waals surface area contributed by atoms with Crippen molar-refractivity contribution in [2.24, 2.45) is 16.3 Å². The second-order valence-corrected chi connectivity index (χ2v) is 8.23. The molecule has 6 nitrogen and oxygen atoms in total. The molecule has 25 heavy (non-hydrogen) atoms. The maximum Gasteiger partial charge on any atom is 0.191 e. The molecular weight excluding hydrogens is 449 g/mol. The lowest BCUT2D eigenvalue weighted by Gasteiger charge is -2.63. The Balaban J connectivity index is 0.00000182. The van der Waals surface area contributed by atoms with Crippen molar-refractivity contribution in [2.45, 2.75) is 44.4 Å². The number of thiazole rings is 1. The zero-order valence-corrected chi connectivity index (χ0v) is 18.3. The van der Waals surface area contributed by atoms with Gasteiger partial charge in [-0.2, -0.15) is 0 Å². The van der Waals surface area contributed by atoms with E-state index in [2.05, 4.69) is 26.0 Å². The van der Waals surface area contributed by atoms with Crippen molar-refractivity contribution in [1.82, 2.24) is 15.6 Å². The molecule has 3 unspecified atom stereocenters. The van der Waals surface area contributed by atoms with Gasteiger partial charge in [0.2, 0.25) is 0 Å². The molecule has 140 valence electrons. The van der Waals surface area contributed by atoms with Crippen LogP contribution in [0.15, 0.2) is 10.4 Å². The maximum absolute atomic E-state index is 6.00. The van der Waals surface area contributed by atoms with Gasteiger partial charge in [-0.3, -0.25) is 4.99 Å². The van der Waals surface area contributed by atoms with E-state index in [1.807, 2.05) is 26.0 Å². The molecule has 3 aliphatic rings. The lowest BCUT2D eigenvalue weighted by molar-refractivity contribution is -0.171. The van der Waals surface area contributed by atoms with Gasteiger partial charge in [-0.15, -0.1) is 35.3 Å². The van der Waals surface area contributed by atoms with Gasteiger partial charge in [0.15, 0.2) is 11.1 Å². The van der Waals surface area contributed by atoms with Crippen LogP contribution in [-0.2, 0) is 11.3 Å². The first-order chi connectivity index (χ1) is 11.6. The summed E-state index contributed by atoms with van der Waals surface area (Å²) in [5, 5.41) is 10.3. The molecule has 0 bridgehead atoms. The molecular formula is C17H28IN5OS. The summed E-state index contributed by atoms with van der Waals surface area (Å²) in [6.07, 6.45) is 5.59. The normalized spacial score (nSPS) is 29.2. The molecule has 2 saturated carbocycles. The van der Waals surface area contributed by atoms with Crippen LogP contribution >= 0.6 is 35.3 Å². The standard InChI is InChI=1S/C17H27N5OS.HI/c1-18-15(19-9-11-10-24-16(20-11)22(2)3)21-13-12-5-8-23-14(12)17(13)6-4-7-17;/h10,12-14H,4-9H2,1-3H3,(H2,18,19,21);1H. The summed E-state index contributed by atoms with van der Waals surface area (Å²) < 4.78 is 6.00. The Labute approximate surface area is 170 Å². The molecule has 1 spiro atoms. The van der Waals surface area contributed by atoms with Crippen molar-refractivity contribution in [2.75, 3.05) is 32.6 Å². The van der Waals surface area contributed by atoms with E-state index in [0.29, 0.717) is 30.0 Å². The number of fused-ring (bicyclic) bond motifs is 2. The number of halogens is 1. The van der Waals surface area contributed by atoms with E-state index in [9.17, 15) is 0 Å². The maximum atomic E-state index is 6.00. The molecule has 1 aromatic rings. The fourth-order valence-electron chi connectivity index (χ4n) is 4.56. The molecule has 2 aliphatic carbocycles. The molecule has 0 aromatic carbocycles. The van der Waals surface area contributed by atoms with Crippen molar-refractivity contribution in [3.63, 3.8) is 0 Å². The lowest BCUT2D eigenvalue weighted by Crippen LogP contribution is -2.72. The zero-order valence-electron chi connectivity index (χ0n) is 15.1. The molecule has 3 atom stereocenters. The van der Waals surface area contributed by atoms with Gasteiger partial charge < -0.3 is 20.3 Å². The van der Waals surface area contributed by atoms with E-state index < -0.39 is 0 Å². The lowest BCUT2D eigenvalue weighted by atomic mass is 9.46. The van der Waals surface area contributed by atoms with E-state index >= 15 is 0 Å². The summed E-state index contributed by atoms with van der Waals surface area (Å²) in [6.45, 7) is 1.63. The Morgan fingerprint density at radius 2 is 2.28 bits per heavy atom. The number of guanidine groups is 1. The second-order valence-electron chi connectivity index (χ2n) is 7.39. The highest BCUT2D eigenvalue weighted by Crippen LogP contribution is 2.62. The number of aliphatic imine (C=N–C) groups is 1. The summed E-state index contributed by atoms with van der Waals surface area (Å²) >= 11 is 1.67. The highest BCUT2D eigenvalue weighted by molar-refractivity contribution is 14.0. The summed E-state index contributed by atoms with van der Waals surface area (Å²) in [6, 6.07) is 0.512. The second kappa shape index (κ2) is 7.56. The molecule has 0 amide bonds. The average molecular weight is 477 g/mol. The highest BCUT2D eigenvalue weighted by atomic mass is 127. The van der Waals surface area contributed by atoms with Crippen LogP contribution < -0.4 is 15.5 Å². The largest absolute Gasteiger partial charge is 0.377 e. The fraction of sp³-hybridized carbons (Fsp3) is 0.765. The van der Waals surface area contributed by atoms with Crippen LogP contribution in [0, 0.1) is 11.3 Å². The van der Waals surface area contributed by atoms with Gasteiger partial charge in [0.05, 0.1) is 18.3 Å². The molecule has 2 N–H and O–H groups in total. The summed E-state index contributed by atoms with van der Waals surface area (Å²) in [5.74, 6) is 1.54. The first-order valence-corrected chi connectivity index (χ1v) is 9.72. The number of nitrogens with one attached hydrogen (secondary N) is 2. The third-order valence-corrected chi connectivity index (χ3v) is 6.97. The minimum atomic E-state index is 0. The van der Waals surface area contributed by atoms with Gasteiger partial charge in [0, 0.05) is 50.5 Å².